The van der Waals surface area contributed by atoms with Crippen molar-refractivity contribution in [3.8, 4) is 11.1 Å². The maximum atomic E-state index is 12.3. The monoisotopic (exact) mass is 383 g/mol. The van der Waals surface area contributed by atoms with Crippen LogP contribution in [-0.2, 0) is 9.53 Å². The van der Waals surface area contributed by atoms with Crippen molar-refractivity contribution in [3.05, 3.63) is 59.7 Å². The minimum Gasteiger partial charge on any atom is -0.479 e. The number of fused-ring (bicyclic) bond motifs is 3. The van der Waals surface area contributed by atoms with Gasteiger partial charge in [-0.3, -0.25) is 0 Å². The van der Waals surface area contributed by atoms with Gasteiger partial charge in [0.15, 0.2) is 6.10 Å². The fraction of sp³-hybridized carbons (Fsp3) is 0.364. The van der Waals surface area contributed by atoms with Crippen LogP contribution in [0.15, 0.2) is 48.5 Å². The van der Waals surface area contributed by atoms with Gasteiger partial charge in [0.05, 0.1) is 6.04 Å². The number of carbonyl (C=O) groups excluding carboxylic acids is 1. The molecule has 0 unspecified atom stereocenters. The van der Waals surface area contributed by atoms with Crippen LogP contribution >= 0.6 is 0 Å². The molecule has 148 valence electrons. The van der Waals surface area contributed by atoms with Crippen molar-refractivity contribution in [1.29, 1.82) is 0 Å². The van der Waals surface area contributed by atoms with E-state index in [0.717, 1.165) is 22.3 Å². The lowest BCUT2D eigenvalue weighted by molar-refractivity contribution is -0.148. The lowest BCUT2D eigenvalue weighted by atomic mass is 9.98. The molecule has 0 saturated carbocycles. The van der Waals surface area contributed by atoms with Gasteiger partial charge in [0.1, 0.15) is 6.61 Å². The van der Waals surface area contributed by atoms with Gasteiger partial charge < -0.3 is 20.3 Å². The Hall–Kier alpha value is -2.86. The summed E-state index contributed by atoms with van der Waals surface area (Å²) in [5.41, 5.74) is 4.46. The zero-order valence-corrected chi connectivity index (χ0v) is 16.0. The summed E-state index contributed by atoms with van der Waals surface area (Å²) in [7, 11) is 0. The first kappa shape index (κ1) is 19.9. The van der Waals surface area contributed by atoms with Gasteiger partial charge in [0.25, 0.3) is 0 Å². The third-order valence-corrected chi connectivity index (χ3v) is 5.01. The standard InChI is InChI=1S/C22H25NO5/c1-13(2)11-19(20(24)21(25)26)23-22(27)28-12-18-16-9-5-3-7-14(16)15-8-4-6-10-17(15)18/h3-10,13,18-20,24H,11-12H2,1-2H3,(H,23,27)(H,25,26)/t19-,20-/m1/s1. The van der Waals surface area contributed by atoms with E-state index in [1.165, 1.54) is 0 Å². The Morgan fingerprint density at radius 2 is 1.57 bits per heavy atom. The molecular weight excluding hydrogens is 358 g/mol. The number of rotatable bonds is 7. The Balaban J connectivity index is 1.70. The second-order valence-corrected chi connectivity index (χ2v) is 7.49. The number of ether oxygens (including phenoxy) is 1. The maximum Gasteiger partial charge on any atom is 0.407 e. The Labute approximate surface area is 164 Å². The number of aliphatic hydroxyl groups is 1. The minimum absolute atomic E-state index is 0.0777. The molecular formula is C22H25NO5. The molecule has 0 aromatic heterocycles. The van der Waals surface area contributed by atoms with Crippen LogP contribution < -0.4 is 5.32 Å². The van der Waals surface area contributed by atoms with Crippen LogP contribution in [0.5, 0.6) is 0 Å². The van der Waals surface area contributed by atoms with Gasteiger partial charge in [0.2, 0.25) is 0 Å². The molecule has 2 aromatic carbocycles. The summed E-state index contributed by atoms with van der Waals surface area (Å²) in [6, 6.07) is 15.1. The summed E-state index contributed by atoms with van der Waals surface area (Å²) in [6.07, 6.45) is -2.08. The van der Waals surface area contributed by atoms with Crippen LogP contribution in [0.3, 0.4) is 0 Å². The number of aliphatic hydroxyl groups excluding tert-OH is 1. The van der Waals surface area contributed by atoms with E-state index >= 15 is 0 Å². The van der Waals surface area contributed by atoms with Crippen LogP contribution in [0.2, 0.25) is 0 Å². The molecule has 2 atom stereocenters. The van der Waals surface area contributed by atoms with Crippen molar-refractivity contribution >= 4 is 12.1 Å². The van der Waals surface area contributed by atoms with Crippen LogP contribution in [-0.4, -0.2) is 41.0 Å². The molecule has 6 heteroatoms. The molecule has 0 heterocycles. The second kappa shape index (κ2) is 8.44. The third-order valence-electron chi connectivity index (χ3n) is 5.01. The third kappa shape index (κ3) is 4.17. The normalized spacial score (nSPS) is 14.9. The van der Waals surface area contributed by atoms with E-state index in [9.17, 15) is 14.7 Å². The van der Waals surface area contributed by atoms with Gasteiger partial charge in [-0.2, -0.15) is 0 Å². The predicted molar refractivity (Wildman–Crippen MR) is 105 cm³/mol. The Bertz CT molecular complexity index is 818. The quantitative estimate of drug-likeness (QED) is 0.681. The average molecular weight is 383 g/mol. The van der Waals surface area contributed by atoms with Crippen molar-refractivity contribution in [2.75, 3.05) is 6.61 Å². The lowest BCUT2D eigenvalue weighted by Crippen LogP contribution is -2.48. The van der Waals surface area contributed by atoms with Crippen molar-refractivity contribution < 1.29 is 24.5 Å². The van der Waals surface area contributed by atoms with E-state index in [2.05, 4.69) is 17.4 Å². The van der Waals surface area contributed by atoms with E-state index < -0.39 is 24.2 Å². The molecule has 28 heavy (non-hydrogen) atoms. The predicted octanol–water partition coefficient (Wildman–Crippen LogP) is 3.39. The molecule has 3 rings (SSSR count). The van der Waals surface area contributed by atoms with Gasteiger partial charge in [-0.05, 0) is 34.6 Å². The fourth-order valence-corrected chi connectivity index (χ4v) is 3.74. The maximum absolute atomic E-state index is 12.3. The highest BCUT2D eigenvalue weighted by Crippen LogP contribution is 2.44. The number of amides is 1. The summed E-state index contributed by atoms with van der Waals surface area (Å²) in [6.45, 7) is 3.92. The Morgan fingerprint density at radius 1 is 1.04 bits per heavy atom. The topological polar surface area (TPSA) is 95.9 Å². The molecule has 6 nitrogen and oxygen atoms in total. The first-order chi connectivity index (χ1) is 13.4. The number of benzene rings is 2. The zero-order valence-electron chi connectivity index (χ0n) is 16.0. The first-order valence-corrected chi connectivity index (χ1v) is 9.41. The number of nitrogens with one attached hydrogen (secondary N) is 1. The number of carboxylic acids is 1. The zero-order chi connectivity index (χ0) is 20.3. The van der Waals surface area contributed by atoms with Crippen LogP contribution in [0, 0.1) is 5.92 Å². The summed E-state index contributed by atoms with van der Waals surface area (Å²) in [4.78, 5) is 23.4. The SMILES string of the molecule is CC(C)C[C@@H](NC(=O)OCC1c2ccccc2-c2ccccc21)[C@@H](O)C(=O)O. The Morgan fingerprint density at radius 3 is 2.07 bits per heavy atom. The van der Waals surface area contributed by atoms with Gasteiger partial charge in [0, 0.05) is 5.92 Å². The van der Waals surface area contributed by atoms with E-state index in [1.807, 2.05) is 50.2 Å². The van der Waals surface area contributed by atoms with Gasteiger partial charge >= 0.3 is 12.1 Å². The lowest BCUT2D eigenvalue weighted by Gasteiger charge is -2.23. The van der Waals surface area contributed by atoms with Gasteiger partial charge in [-0.15, -0.1) is 0 Å². The molecule has 3 N–H and O–H groups in total. The molecule has 0 aliphatic heterocycles. The van der Waals surface area contributed by atoms with Gasteiger partial charge in [-0.1, -0.05) is 62.4 Å². The molecule has 2 aromatic rings. The molecule has 0 radical (unpaired) electrons. The highest BCUT2D eigenvalue weighted by atomic mass is 16.5. The van der Waals surface area contributed by atoms with Crippen LogP contribution in [0.1, 0.15) is 37.3 Å². The number of alkyl carbamates (subject to hydrolysis) is 1. The molecule has 1 aliphatic rings. The van der Waals surface area contributed by atoms with Gasteiger partial charge in [-0.25, -0.2) is 9.59 Å². The number of carbonyl (C=O) groups is 2. The van der Waals surface area contributed by atoms with E-state index in [1.54, 1.807) is 0 Å². The van der Waals surface area contributed by atoms with E-state index in [-0.39, 0.29) is 18.4 Å². The largest absolute Gasteiger partial charge is 0.479 e. The van der Waals surface area contributed by atoms with E-state index in [0.29, 0.717) is 6.42 Å². The number of aliphatic carboxylic acids is 1. The summed E-state index contributed by atoms with van der Waals surface area (Å²) < 4.78 is 5.43. The van der Waals surface area contributed by atoms with Crippen LogP contribution in [0.25, 0.3) is 11.1 Å². The molecule has 0 bridgehead atoms. The van der Waals surface area contributed by atoms with Crippen molar-refractivity contribution in [2.24, 2.45) is 5.92 Å². The van der Waals surface area contributed by atoms with E-state index in [4.69, 9.17) is 9.84 Å². The van der Waals surface area contributed by atoms with Crippen LogP contribution in [0.4, 0.5) is 4.79 Å². The number of hydrogen-bond donors (Lipinski definition) is 3. The summed E-state index contributed by atoms with van der Waals surface area (Å²) in [5, 5.41) is 21.4. The highest BCUT2D eigenvalue weighted by Gasteiger charge is 2.31. The molecule has 1 amide bonds. The number of hydrogen-bond acceptors (Lipinski definition) is 4. The Kier molecular flexibility index (Phi) is 5.99. The second-order valence-electron chi connectivity index (χ2n) is 7.49. The number of carboxylic acid groups (broad SMARTS) is 1. The molecule has 0 spiro atoms. The van der Waals surface area contributed by atoms with Crippen molar-refractivity contribution in [1.82, 2.24) is 5.32 Å². The summed E-state index contributed by atoms with van der Waals surface area (Å²) >= 11 is 0. The highest BCUT2D eigenvalue weighted by molar-refractivity contribution is 5.79. The van der Waals surface area contributed by atoms with Crippen molar-refractivity contribution in [3.63, 3.8) is 0 Å². The minimum atomic E-state index is -1.68. The first-order valence-electron chi connectivity index (χ1n) is 9.41. The van der Waals surface area contributed by atoms with Crippen molar-refractivity contribution in [2.45, 2.75) is 38.3 Å². The summed E-state index contributed by atoms with van der Waals surface area (Å²) in [5.74, 6) is -1.34. The molecule has 0 saturated heterocycles. The molecule has 1 aliphatic carbocycles. The smallest absolute Gasteiger partial charge is 0.407 e. The fourth-order valence-electron chi connectivity index (χ4n) is 3.74. The molecule has 0 fully saturated rings. The average Bonchev–Trinajstić information content (AvgIpc) is 2.99.